The van der Waals surface area contributed by atoms with E-state index in [1.807, 2.05) is 45.9 Å². The summed E-state index contributed by atoms with van der Waals surface area (Å²) in [4.78, 5) is 14.7. The maximum absolute atomic E-state index is 13.0. The van der Waals surface area contributed by atoms with Gasteiger partial charge in [0.2, 0.25) is 0 Å². The number of aryl methyl sites for hydroxylation is 2. The lowest BCUT2D eigenvalue weighted by molar-refractivity contribution is 0.0832. The molecule has 1 aromatic heterocycles. The Labute approximate surface area is 153 Å². The molecule has 1 aliphatic heterocycles. The minimum atomic E-state index is -0.519. The fourth-order valence-corrected chi connectivity index (χ4v) is 3.14. The highest BCUT2D eigenvalue weighted by atomic mass is 16.5. The Bertz CT molecular complexity index is 813. The lowest BCUT2D eigenvalue weighted by Crippen LogP contribution is -2.45. The molecule has 0 spiro atoms. The second-order valence-electron chi connectivity index (χ2n) is 7.11. The average Bonchev–Trinajstić information content (AvgIpc) is 2.87. The number of urea groups is 1. The Morgan fingerprint density at radius 2 is 2.19 bits per heavy atom. The molecule has 2 amide bonds. The van der Waals surface area contributed by atoms with Crippen molar-refractivity contribution < 1.29 is 14.3 Å². The molecule has 0 aliphatic carbocycles. The fourth-order valence-electron chi connectivity index (χ4n) is 3.14. The zero-order valence-electron chi connectivity index (χ0n) is 16.0. The number of aromatic nitrogens is 2. The molecule has 1 aromatic carbocycles. The minimum absolute atomic E-state index is 0.163. The SMILES string of the molecule is CCn1ncc(C)c1NC(=O)N1Cc2ccc(OC)cc2OC(C)(C)C1. The lowest BCUT2D eigenvalue weighted by Gasteiger charge is -2.29. The predicted octanol–water partition coefficient (Wildman–Crippen LogP) is 3.43. The molecule has 7 nitrogen and oxygen atoms in total. The van der Waals surface area contributed by atoms with Crippen molar-refractivity contribution in [3.63, 3.8) is 0 Å². The fraction of sp³-hybridized carbons (Fsp3) is 0.474. The first-order valence-electron chi connectivity index (χ1n) is 8.77. The Morgan fingerprint density at radius 1 is 1.42 bits per heavy atom. The van der Waals surface area contributed by atoms with Gasteiger partial charge in [-0.25, -0.2) is 9.48 Å². The lowest BCUT2D eigenvalue weighted by atomic mass is 10.1. The van der Waals surface area contributed by atoms with E-state index >= 15 is 0 Å². The van der Waals surface area contributed by atoms with Gasteiger partial charge in [-0.2, -0.15) is 5.10 Å². The summed E-state index contributed by atoms with van der Waals surface area (Å²) in [6.45, 7) is 9.51. The number of ether oxygens (including phenoxy) is 2. The second-order valence-corrected chi connectivity index (χ2v) is 7.11. The Hall–Kier alpha value is -2.70. The van der Waals surface area contributed by atoms with Crippen molar-refractivity contribution in [2.45, 2.75) is 46.4 Å². The predicted molar refractivity (Wildman–Crippen MR) is 99.8 cm³/mol. The van der Waals surface area contributed by atoms with E-state index in [-0.39, 0.29) is 6.03 Å². The van der Waals surface area contributed by atoms with Crippen LogP contribution in [-0.2, 0) is 13.1 Å². The number of carbonyl (C=O) groups is 1. The average molecular weight is 358 g/mol. The number of nitrogens with one attached hydrogen (secondary N) is 1. The van der Waals surface area contributed by atoms with Crippen molar-refractivity contribution in [3.8, 4) is 11.5 Å². The van der Waals surface area contributed by atoms with Crippen LogP contribution in [-0.4, -0.2) is 40.0 Å². The first-order chi connectivity index (χ1) is 12.3. The van der Waals surface area contributed by atoms with Crippen LogP contribution < -0.4 is 14.8 Å². The van der Waals surface area contributed by atoms with Gasteiger partial charge in [0.05, 0.1) is 26.4 Å². The molecule has 3 rings (SSSR count). The van der Waals surface area contributed by atoms with Crippen LogP contribution in [0.4, 0.5) is 10.6 Å². The summed E-state index contributed by atoms with van der Waals surface area (Å²) < 4.78 is 13.2. The van der Waals surface area contributed by atoms with E-state index in [4.69, 9.17) is 9.47 Å². The molecular formula is C19H26N4O3. The van der Waals surface area contributed by atoms with E-state index in [0.717, 1.165) is 28.4 Å². The van der Waals surface area contributed by atoms with E-state index in [1.165, 1.54) is 0 Å². The van der Waals surface area contributed by atoms with Gasteiger partial charge in [0.1, 0.15) is 22.9 Å². The summed E-state index contributed by atoms with van der Waals surface area (Å²) in [6.07, 6.45) is 1.76. The van der Waals surface area contributed by atoms with Gasteiger partial charge < -0.3 is 14.4 Å². The minimum Gasteiger partial charge on any atom is -0.497 e. The van der Waals surface area contributed by atoms with E-state index in [1.54, 1.807) is 22.9 Å². The third kappa shape index (κ3) is 3.61. The molecule has 0 fully saturated rings. The Kier molecular flexibility index (Phi) is 4.80. The second kappa shape index (κ2) is 6.90. The molecule has 0 bridgehead atoms. The Morgan fingerprint density at radius 3 is 2.88 bits per heavy atom. The highest BCUT2D eigenvalue weighted by molar-refractivity contribution is 5.89. The number of rotatable bonds is 3. The molecule has 0 radical (unpaired) electrons. The number of hydrogen-bond donors (Lipinski definition) is 1. The molecule has 26 heavy (non-hydrogen) atoms. The molecule has 0 unspecified atom stereocenters. The van der Waals surface area contributed by atoms with Gasteiger partial charge in [-0.1, -0.05) is 0 Å². The maximum Gasteiger partial charge on any atom is 0.323 e. The smallest absolute Gasteiger partial charge is 0.323 e. The number of fused-ring (bicyclic) bond motifs is 1. The van der Waals surface area contributed by atoms with Crippen molar-refractivity contribution >= 4 is 11.8 Å². The molecule has 2 aromatic rings. The maximum atomic E-state index is 13.0. The summed E-state index contributed by atoms with van der Waals surface area (Å²) in [5.74, 6) is 2.22. The quantitative estimate of drug-likeness (QED) is 0.913. The number of anilines is 1. The molecule has 7 heteroatoms. The molecule has 0 saturated carbocycles. The summed E-state index contributed by atoms with van der Waals surface area (Å²) in [7, 11) is 1.63. The summed E-state index contributed by atoms with van der Waals surface area (Å²) >= 11 is 0. The van der Waals surface area contributed by atoms with Crippen molar-refractivity contribution in [1.82, 2.24) is 14.7 Å². The molecule has 0 atom stereocenters. The Balaban J connectivity index is 1.87. The van der Waals surface area contributed by atoms with Gasteiger partial charge in [-0.3, -0.25) is 5.32 Å². The molecule has 140 valence electrons. The number of hydrogen-bond acceptors (Lipinski definition) is 4. The molecule has 1 aliphatic rings. The van der Waals surface area contributed by atoms with Crippen LogP contribution in [0.15, 0.2) is 24.4 Å². The third-order valence-corrected chi connectivity index (χ3v) is 4.43. The molecular weight excluding hydrogens is 332 g/mol. The number of amides is 2. The van der Waals surface area contributed by atoms with Crippen molar-refractivity contribution in [3.05, 3.63) is 35.5 Å². The number of nitrogens with zero attached hydrogens (tertiary/aromatic N) is 3. The first-order valence-corrected chi connectivity index (χ1v) is 8.77. The van der Waals surface area contributed by atoms with Crippen LogP contribution in [0.25, 0.3) is 0 Å². The van der Waals surface area contributed by atoms with Crippen LogP contribution in [0, 0.1) is 6.92 Å². The third-order valence-electron chi connectivity index (χ3n) is 4.43. The summed E-state index contributed by atoms with van der Waals surface area (Å²) in [5, 5.41) is 7.28. The van der Waals surface area contributed by atoms with Crippen LogP contribution >= 0.6 is 0 Å². The van der Waals surface area contributed by atoms with Crippen molar-refractivity contribution in [1.29, 1.82) is 0 Å². The highest BCUT2D eigenvalue weighted by Gasteiger charge is 2.32. The van der Waals surface area contributed by atoms with E-state index in [9.17, 15) is 4.79 Å². The topological polar surface area (TPSA) is 68.6 Å². The van der Waals surface area contributed by atoms with Crippen molar-refractivity contribution in [2.75, 3.05) is 19.0 Å². The van der Waals surface area contributed by atoms with Crippen molar-refractivity contribution in [2.24, 2.45) is 0 Å². The standard InChI is InChI=1S/C19H26N4O3/c1-6-23-17(13(2)10-20-23)21-18(24)22-11-14-7-8-15(25-5)9-16(14)26-19(3,4)12-22/h7-10H,6,11-12H2,1-5H3,(H,21,24). The molecule has 0 saturated heterocycles. The van der Waals surface area contributed by atoms with Gasteiger partial charge in [0.25, 0.3) is 0 Å². The normalized spacial score (nSPS) is 15.7. The van der Waals surface area contributed by atoms with E-state index in [2.05, 4.69) is 10.4 Å². The monoisotopic (exact) mass is 358 g/mol. The molecule has 2 heterocycles. The zero-order valence-corrected chi connectivity index (χ0v) is 16.0. The summed E-state index contributed by atoms with van der Waals surface area (Å²) in [5.41, 5.74) is 1.37. The van der Waals surface area contributed by atoms with Crippen LogP contribution in [0.2, 0.25) is 0 Å². The number of carbonyl (C=O) groups excluding carboxylic acids is 1. The number of methoxy groups -OCH3 is 1. The first kappa shape index (κ1) is 18.1. The summed E-state index contributed by atoms with van der Waals surface area (Å²) in [6, 6.07) is 5.53. The number of benzene rings is 1. The van der Waals surface area contributed by atoms with Crippen LogP contribution in [0.1, 0.15) is 31.9 Å². The molecule has 1 N–H and O–H groups in total. The van der Waals surface area contributed by atoms with Gasteiger partial charge >= 0.3 is 6.03 Å². The van der Waals surface area contributed by atoms with E-state index in [0.29, 0.717) is 19.6 Å². The largest absolute Gasteiger partial charge is 0.497 e. The van der Waals surface area contributed by atoms with Gasteiger partial charge in [-0.05, 0) is 39.8 Å². The van der Waals surface area contributed by atoms with E-state index < -0.39 is 5.60 Å². The van der Waals surface area contributed by atoms with Gasteiger partial charge in [0, 0.05) is 23.7 Å². The van der Waals surface area contributed by atoms with Gasteiger partial charge in [0.15, 0.2) is 0 Å². The van der Waals surface area contributed by atoms with Gasteiger partial charge in [-0.15, -0.1) is 0 Å². The van der Waals surface area contributed by atoms with Crippen LogP contribution in [0.3, 0.4) is 0 Å². The van der Waals surface area contributed by atoms with Crippen LogP contribution in [0.5, 0.6) is 11.5 Å². The highest BCUT2D eigenvalue weighted by Crippen LogP contribution is 2.32. The zero-order chi connectivity index (χ0) is 18.9.